The Morgan fingerprint density at radius 2 is 1.50 bits per heavy atom. The Bertz CT molecular complexity index is 885. The zero-order valence-electron chi connectivity index (χ0n) is 16.3. The first kappa shape index (κ1) is 25.0. The van der Waals surface area contributed by atoms with Crippen LogP contribution in [0.4, 0.5) is 30.7 Å². The summed E-state index contributed by atoms with van der Waals surface area (Å²) in [6.07, 6.45) is -6.46. The Hall–Kier alpha value is -1.64. The molecule has 2 atom stereocenters. The maximum Gasteiger partial charge on any atom is 0.490 e. The first-order valence-corrected chi connectivity index (χ1v) is 11.0. The molecule has 15 heteroatoms. The van der Waals surface area contributed by atoms with Gasteiger partial charge in [0.15, 0.2) is 0 Å². The Morgan fingerprint density at radius 3 is 1.97 bits per heavy atom. The van der Waals surface area contributed by atoms with Gasteiger partial charge >= 0.3 is 39.4 Å². The van der Waals surface area contributed by atoms with Gasteiger partial charge in [0.05, 0.1) is 18.4 Å². The molecule has 4 rings (SSSR count). The highest BCUT2D eigenvalue weighted by Crippen LogP contribution is 2.63. The third-order valence-corrected chi connectivity index (χ3v) is 7.33. The van der Waals surface area contributed by atoms with Crippen molar-refractivity contribution < 1.29 is 62.8 Å². The highest BCUT2D eigenvalue weighted by atomic mass is 32.2. The fourth-order valence-corrected chi connectivity index (χ4v) is 6.03. The maximum absolute atomic E-state index is 13.6. The molecule has 0 saturated heterocycles. The number of esters is 2. The van der Waals surface area contributed by atoms with Crippen LogP contribution in [0.3, 0.4) is 0 Å². The molecule has 4 bridgehead atoms. The first-order chi connectivity index (χ1) is 14.3. The van der Waals surface area contributed by atoms with Crippen molar-refractivity contribution in [3.63, 3.8) is 0 Å². The van der Waals surface area contributed by atoms with E-state index >= 15 is 0 Å². The predicted molar refractivity (Wildman–Crippen MR) is 89.0 cm³/mol. The van der Waals surface area contributed by atoms with E-state index in [1.54, 1.807) is 0 Å². The largest absolute Gasteiger partial charge is 0.490 e. The summed E-state index contributed by atoms with van der Waals surface area (Å²) < 4.78 is 131. The van der Waals surface area contributed by atoms with E-state index in [1.165, 1.54) is 0 Å². The van der Waals surface area contributed by atoms with Crippen molar-refractivity contribution >= 4 is 22.1 Å². The molecule has 0 aromatic heterocycles. The molecule has 0 radical (unpaired) electrons. The highest BCUT2D eigenvalue weighted by Gasteiger charge is 2.66. The second kappa shape index (κ2) is 7.43. The fourth-order valence-electron chi connectivity index (χ4n) is 5.55. The molecular formula is C17H19F7O7S. The first-order valence-electron chi connectivity index (χ1n) is 9.53. The van der Waals surface area contributed by atoms with Crippen LogP contribution in [0.15, 0.2) is 0 Å². The van der Waals surface area contributed by atoms with E-state index in [2.05, 4.69) is 0 Å². The quantitative estimate of drug-likeness (QED) is 0.324. The molecule has 7 nitrogen and oxygen atoms in total. The van der Waals surface area contributed by atoms with Crippen LogP contribution in [0.5, 0.6) is 0 Å². The van der Waals surface area contributed by atoms with E-state index in [9.17, 15) is 48.7 Å². The van der Waals surface area contributed by atoms with Crippen molar-refractivity contribution in [2.75, 3.05) is 6.61 Å². The fraction of sp³-hybridized carbons (Fsp3) is 0.882. The minimum atomic E-state index is -6.44. The van der Waals surface area contributed by atoms with Crippen LogP contribution < -0.4 is 0 Å². The molecule has 4 saturated carbocycles. The van der Waals surface area contributed by atoms with E-state index < -0.39 is 63.5 Å². The van der Waals surface area contributed by atoms with Crippen molar-refractivity contribution in [1.82, 2.24) is 0 Å². The number of ether oxygens (including phenoxy) is 2. The molecule has 32 heavy (non-hydrogen) atoms. The molecule has 4 aliphatic carbocycles. The van der Waals surface area contributed by atoms with E-state index in [0.29, 0.717) is 6.42 Å². The summed E-state index contributed by atoms with van der Waals surface area (Å²) in [7, 11) is -6.44. The highest BCUT2D eigenvalue weighted by molar-refractivity contribution is 7.87. The average Bonchev–Trinajstić information content (AvgIpc) is 2.57. The van der Waals surface area contributed by atoms with Crippen molar-refractivity contribution in [3.05, 3.63) is 0 Å². The summed E-state index contributed by atoms with van der Waals surface area (Å²) >= 11 is 0. The van der Waals surface area contributed by atoms with Gasteiger partial charge in [-0.2, -0.15) is 39.2 Å². The molecule has 0 spiro atoms. The van der Waals surface area contributed by atoms with Crippen LogP contribution in [0, 0.1) is 17.3 Å². The second-order valence-corrected chi connectivity index (χ2v) is 10.4. The number of carbonyl (C=O) groups excluding carboxylic acids is 2. The molecule has 0 amide bonds. The van der Waals surface area contributed by atoms with Crippen molar-refractivity contribution in [3.8, 4) is 0 Å². The van der Waals surface area contributed by atoms with Crippen LogP contribution in [-0.4, -0.2) is 54.5 Å². The predicted octanol–water partition coefficient (Wildman–Crippen LogP) is 3.48. The molecule has 1 N–H and O–H groups in total. The molecular weight excluding hydrogens is 481 g/mol. The van der Waals surface area contributed by atoms with Gasteiger partial charge in [0.25, 0.3) is 0 Å². The summed E-state index contributed by atoms with van der Waals surface area (Å²) in [4.78, 5) is 24.1. The molecule has 0 heterocycles. The third kappa shape index (κ3) is 4.29. The molecule has 4 aliphatic rings. The molecule has 4 fully saturated rings. The van der Waals surface area contributed by atoms with Gasteiger partial charge < -0.3 is 9.47 Å². The number of hydrogen-bond acceptors (Lipinski definition) is 6. The summed E-state index contributed by atoms with van der Waals surface area (Å²) in [5.41, 5.74) is -3.01. The number of alkyl halides is 7. The molecule has 184 valence electrons. The molecule has 0 aliphatic heterocycles. The van der Waals surface area contributed by atoms with Crippen LogP contribution in [0.1, 0.15) is 44.9 Å². The molecule has 0 aromatic carbocycles. The van der Waals surface area contributed by atoms with Gasteiger partial charge in [-0.3, -0.25) is 9.35 Å². The summed E-state index contributed by atoms with van der Waals surface area (Å²) in [5, 5.41) is -5.82. The van der Waals surface area contributed by atoms with Crippen molar-refractivity contribution in [1.29, 1.82) is 0 Å². The third-order valence-electron chi connectivity index (χ3n) is 6.38. The van der Waals surface area contributed by atoms with Crippen molar-refractivity contribution in [2.24, 2.45) is 17.3 Å². The Balaban J connectivity index is 1.70. The van der Waals surface area contributed by atoms with Gasteiger partial charge in [-0.05, 0) is 43.9 Å². The van der Waals surface area contributed by atoms with Crippen molar-refractivity contribution in [2.45, 2.75) is 67.9 Å². The Kier molecular flexibility index (Phi) is 5.81. The van der Waals surface area contributed by atoms with Crippen LogP contribution in [0.2, 0.25) is 0 Å². The SMILES string of the molecule is O=C(OC12CC3CC(C1)CC(C(=O)OCCC(F)(F)C(F)(F)S(=O)(=O)O)(C3)C2)C(F)(F)F. The number of halogens is 7. The zero-order chi connectivity index (χ0) is 24.4. The van der Waals surface area contributed by atoms with E-state index in [-0.39, 0.29) is 43.9 Å². The van der Waals surface area contributed by atoms with Crippen LogP contribution in [-0.2, 0) is 29.2 Å². The Morgan fingerprint density at radius 1 is 0.969 bits per heavy atom. The lowest BCUT2D eigenvalue weighted by molar-refractivity contribution is -0.241. The topological polar surface area (TPSA) is 107 Å². The minimum absolute atomic E-state index is 0.0962. The minimum Gasteiger partial charge on any atom is -0.465 e. The second-order valence-electron chi connectivity index (χ2n) is 8.89. The van der Waals surface area contributed by atoms with Crippen LogP contribution >= 0.6 is 0 Å². The Labute approximate surface area is 177 Å². The lowest BCUT2D eigenvalue weighted by Crippen LogP contribution is -2.60. The maximum atomic E-state index is 13.6. The van der Waals surface area contributed by atoms with Gasteiger partial charge in [-0.15, -0.1) is 0 Å². The van der Waals surface area contributed by atoms with Crippen LogP contribution in [0.25, 0.3) is 0 Å². The smallest absolute Gasteiger partial charge is 0.465 e. The molecule has 2 unspecified atom stereocenters. The standard InChI is InChI=1S/C17H19F7O7S/c18-15(19,17(23,24)32(27,28)29)1-2-30-11(25)13-4-9-3-10(5-13)7-14(6-9,8-13)31-12(26)16(20,21)22/h9-10H,1-8H2,(H,27,28,29). The van der Waals surface area contributed by atoms with E-state index in [4.69, 9.17) is 14.0 Å². The van der Waals surface area contributed by atoms with Gasteiger partial charge in [-0.1, -0.05) is 0 Å². The monoisotopic (exact) mass is 500 g/mol. The van der Waals surface area contributed by atoms with Gasteiger partial charge in [0, 0.05) is 6.42 Å². The average molecular weight is 500 g/mol. The van der Waals surface area contributed by atoms with Gasteiger partial charge in [0.2, 0.25) is 0 Å². The lowest BCUT2D eigenvalue weighted by atomic mass is 9.48. The summed E-state index contributed by atoms with van der Waals surface area (Å²) in [5.74, 6) is -9.35. The normalized spacial score (nSPS) is 32.6. The van der Waals surface area contributed by atoms with E-state index in [0.717, 1.165) is 0 Å². The number of carbonyl (C=O) groups is 2. The lowest BCUT2D eigenvalue weighted by Gasteiger charge is -2.59. The van der Waals surface area contributed by atoms with Gasteiger partial charge in [-0.25, -0.2) is 4.79 Å². The summed E-state index contributed by atoms with van der Waals surface area (Å²) in [6, 6.07) is 0. The summed E-state index contributed by atoms with van der Waals surface area (Å²) in [6.45, 7) is -1.33. The number of rotatable bonds is 7. The van der Waals surface area contributed by atoms with E-state index in [1.807, 2.05) is 0 Å². The molecule has 0 aromatic rings. The zero-order valence-corrected chi connectivity index (χ0v) is 17.1. The number of hydrogen-bond donors (Lipinski definition) is 1. The van der Waals surface area contributed by atoms with Gasteiger partial charge in [0.1, 0.15) is 5.60 Å².